The molecule has 1 aromatic carbocycles. The summed E-state index contributed by atoms with van der Waals surface area (Å²) < 4.78 is 6.11. The normalized spacial score (nSPS) is 18.8. The van der Waals surface area contributed by atoms with Crippen LogP contribution in [0.4, 0.5) is 5.69 Å². The van der Waals surface area contributed by atoms with Crippen LogP contribution in [0.5, 0.6) is 5.75 Å². The molecule has 2 aliphatic heterocycles. The fraction of sp³-hybridized carbons (Fsp3) is 0.350. The van der Waals surface area contributed by atoms with Gasteiger partial charge in [0.05, 0.1) is 17.9 Å². The third-order valence-electron chi connectivity index (χ3n) is 4.99. The van der Waals surface area contributed by atoms with Crippen LogP contribution in [0.2, 0.25) is 0 Å². The Hall–Kier alpha value is -3.29. The molecule has 8 heteroatoms. The summed E-state index contributed by atoms with van der Waals surface area (Å²) in [6.45, 7) is 1.93. The molecule has 8 nitrogen and oxygen atoms in total. The summed E-state index contributed by atoms with van der Waals surface area (Å²) in [5.41, 5.74) is 11.4. The van der Waals surface area contributed by atoms with Crippen molar-refractivity contribution in [1.29, 1.82) is 0 Å². The Kier molecular flexibility index (Phi) is 5.01. The van der Waals surface area contributed by atoms with Gasteiger partial charge in [-0.15, -0.1) is 5.10 Å². The minimum atomic E-state index is -0.0222. The van der Waals surface area contributed by atoms with E-state index in [1.807, 2.05) is 35.2 Å². The molecule has 0 bridgehead atoms. The van der Waals surface area contributed by atoms with Crippen molar-refractivity contribution in [3.8, 4) is 5.75 Å². The summed E-state index contributed by atoms with van der Waals surface area (Å²) in [5, 5.41) is 5.80. The number of nitrogens with two attached hydrogens (primary N) is 1. The topological polar surface area (TPSA) is 96.1 Å². The maximum atomic E-state index is 12.7. The lowest BCUT2D eigenvalue weighted by molar-refractivity contribution is 0.0627. The van der Waals surface area contributed by atoms with E-state index < -0.39 is 0 Å². The smallest absolute Gasteiger partial charge is 0.272 e. The molecule has 1 atom stereocenters. The molecule has 4 rings (SSSR count). The average Bonchev–Trinajstić information content (AvgIpc) is 2.72. The van der Waals surface area contributed by atoms with E-state index in [4.69, 9.17) is 10.5 Å². The highest BCUT2D eigenvalue weighted by atomic mass is 16.5. The fourth-order valence-corrected chi connectivity index (χ4v) is 3.66. The summed E-state index contributed by atoms with van der Waals surface area (Å²) in [7, 11) is 1.79. The van der Waals surface area contributed by atoms with E-state index in [0.29, 0.717) is 30.4 Å². The van der Waals surface area contributed by atoms with Crippen molar-refractivity contribution >= 4 is 17.4 Å². The number of hydrazine groups is 1. The zero-order valence-electron chi connectivity index (χ0n) is 15.8. The predicted molar refractivity (Wildman–Crippen MR) is 107 cm³/mol. The lowest BCUT2D eigenvalue weighted by Crippen LogP contribution is -2.42. The molecule has 2 aromatic rings. The van der Waals surface area contributed by atoms with E-state index in [-0.39, 0.29) is 11.8 Å². The zero-order valence-corrected chi connectivity index (χ0v) is 15.8. The molecule has 0 aliphatic carbocycles. The van der Waals surface area contributed by atoms with Crippen LogP contribution >= 0.6 is 0 Å². The van der Waals surface area contributed by atoms with E-state index >= 15 is 0 Å². The number of amidine groups is 1. The van der Waals surface area contributed by atoms with Gasteiger partial charge in [-0.25, -0.2) is 5.12 Å². The van der Waals surface area contributed by atoms with Crippen LogP contribution in [-0.2, 0) is 0 Å². The van der Waals surface area contributed by atoms with Gasteiger partial charge >= 0.3 is 0 Å². The fourth-order valence-electron chi connectivity index (χ4n) is 3.66. The number of anilines is 1. The number of amides is 1. The molecule has 146 valence electrons. The summed E-state index contributed by atoms with van der Waals surface area (Å²) in [6, 6.07) is 11.2. The van der Waals surface area contributed by atoms with E-state index in [9.17, 15) is 4.79 Å². The minimum absolute atomic E-state index is 0.0222. The van der Waals surface area contributed by atoms with Gasteiger partial charge in [-0.2, -0.15) is 0 Å². The standard InChI is InChI=1S/C20H24N6O2/c1-25-23-15-8-4-9-17(18(15)19(21)24-25)28-13-14-6-5-11-26(12-14)20(27)16-7-2-3-10-22-16/h2-4,7-10,14,23H,5-6,11-13H2,1H3,(H2,21,24)/t14-/m0/s1. The van der Waals surface area contributed by atoms with Crippen molar-refractivity contribution in [3.05, 3.63) is 53.9 Å². The molecule has 2 aliphatic rings. The number of carbonyl (C=O) groups is 1. The van der Waals surface area contributed by atoms with Gasteiger partial charge in [0.2, 0.25) is 0 Å². The molecule has 1 fully saturated rings. The highest BCUT2D eigenvalue weighted by Gasteiger charge is 2.26. The number of carbonyl (C=O) groups excluding carboxylic acids is 1. The Morgan fingerprint density at radius 1 is 1.32 bits per heavy atom. The monoisotopic (exact) mass is 380 g/mol. The van der Waals surface area contributed by atoms with Crippen LogP contribution in [0.1, 0.15) is 28.9 Å². The van der Waals surface area contributed by atoms with E-state index in [2.05, 4.69) is 15.5 Å². The van der Waals surface area contributed by atoms with E-state index in [0.717, 1.165) is 30.6 Å². The maximum Gasteiger partial charge on any atom is 0.272 e. The molecule has 0 saturated carbocycles. The van der Waals surface area contributed by atoms with Crippen LogP contribution < -0.4 is 15.9 Å². The lowest BCUT2D eigenvalue weighted by Gasteiger charge is -2.33. The largest absolute Gasteiger partial charge is 0.492 e. The number of nitrogens with one attached hydrogen (secondary N) is 1. The molecule has 28 heavy (non-hydrogen) atoms. The zero-order chi connectivity index (χ0) is 19.5. The molecule has 1 amide bonds. The molecule has 0 unspecified atom stereocenters. The molecule has 0 spiro atoms. The first-order valence-corrected chi connectivity index (χ1v) is 9.43. The summed E-state index contributed by atoms with van der Waals surface area (Å²) >= 11 is 0. The maximum absolute atomic E-state index is 12.7. The second kappa shape index (κ2) is 7.75. The van der Waals surface area contributed by atoms with Crippen molar-refractivity contribution in [2.24, 2.45) is 16.8 Å². The molecular weight excluding hydrogens is 356 g/mol. The Bertz CT molecular complexity index is 886. The van der Waals surface area contributed by atoms with Gasteiger partial charge in [0.25, 0.3) is 5.91 Å². The van der Waals surface area contributed by atoms with Crippen molar-refractivity contribution in [2.75, 3.05) is 32.2 Å². The van der Waals surface area contributed by atoms with E-state index in [1.54, 1.807) is 24.4 Å². The van der Waals surface area contributed by atoms with Gasteiger partial charge in [-0.1, -0.05) is 12.1 Å². The highest BCUT2D eigenvalue weighted by Crippen LogP contribution is 2.30. The third kappa shape index (κ3) is 3.71. The second-order valence-corrected chi connectivity index (χ2v) is 7.08. The van der Waals surface area contributed by atoms with Gasteiger partial charge in [-0.05, 0) is 37.1 Å². The van der Waals surface area contributed by atoms with Crippen LogP contribution in [0.15, 0.2) is 47.7 Å². The number of benzene rings is 1. The number of pyridine rings is 1. The van der Waals surface area contributed by atoms with Crippen LogP contribution in [0.3, 0.4) is 0 Å². The average molecular weight is 380 g/mol. The predicted octanol–water partition coefficient (Wildman–Crippen LogP) is 1.91. The molecule has 1 aromatic heterocycles. The van der Waals surface area contributed by atoms with Crippen molar-refractivity contribution in [3.63, 3.8) is 0 Å². The Morgan fingerprint density at radius 2 is 2.21 bits per heavy atom. The van der Waals surface area contributed by atoms with Crippen molar-refractivity contribution < 1.29 is 9.53 Å². The summed E-state index contributed by atoms with van der Waals surface area (Å²) in [4.78, 5) is 18.7. The first-order valence-electron chi connectivity index (χ1n) is 9.43. The molecular formula is C20H24N6O2. The number of fused-ring (bicyclic) bond motifs is 1. The summed E-state index contributed by atoms with van der Waals surface area (Å²) in [5.74, 6) is 1.36. The van der Waals surface area contributed by atoms with Crippen molar-refractivity contribution in [1.82, 2.24) is 15.0 Å². The van der Waals surface area contributed by atoms with Gasteiger partial charge < -0.3 is 15.4 Å². The summed E-state index contributed by atoms with van der Waals surface area (Å²) in [6.07, 6.45) is 3.62. The van der Waals surface area contributed by atoms with Gasteiger partial charge in [0.1, 0.15) is 11.4 Å². The van der Waals surface area contributed by atoms with Crippen LogP contribution in [0.25, 0.3) is 0 Å². The number of hydrogen-bond acceptors (Lipinski definition) is 7. The molecule has 3 N–H and O–H groups in total. The molecule has 3 heterocycles. The van der Waals surface area contributed by atoms with Gasteiger partial charge in [0, 0.05) is 32.3 Å². The second-order valence-electron chi connectivity index (χ2n) is 7.08. The Morgan fingerprint density at radius 3 is 3.04 bits per heavy atom. The first-order chi connectivity index (χ1) is 13.6. The number of nitrogens with zero attached hydrogens (tertiary/aromatic N) is 4. The SMILES string of the molecule is CN1N=C(N)c2c(cccc2OC[C@H]2CCCN(C(=O)c3ccccn3)C2)N1. The molecule has 0 radical (unpaired) electrons. The number of hydrogen-bond donors (Lipinski definition) is 2. The van der Waals surface area contributed by atoms with E-state index in [1.165, 1.54) is 0 Å². The minimum Gasteiger partial charge on any atom is -0.492 e. The Labute approximate surface area is 164 Å². The Balaban J connectivity index is 1.42. The number of aromatic nitrogens is 1. The number of rotatable bonds is 4. The number of ether oxygens (including phenoxy) is 1. The number of likely N-dealkylation sites (tertiary alicyclic amines) is 1. The molecule has 1 saturated heterocycles. The highest BCUT2D eigenvalue weighted by molar-refractivity contribution is 6.05. The lowest BCUT2D eigenvalue weighted by atomic mass is 9.98. The van der Waals surface area contributed by atoms with Gasteiger partial charge in [-0.3, -0.25) is 15.2 Å². The quantitative estimate of drug-likeness (QED) is 0.841. The third-order valence-corrected chi connectivity index (χ3v) is 4.99. The van der Waals surface area contributed by atoms with Gasteiger partial charge in [0.15, 0.2) is 5.84 Å². The number of piperidine rings is 1. The first kappa shape index (κ1) is 18.1. The van der Waals surface area contributed by atoms with Crippen molar-refractivity contribution in [2.45, 2.75) is 12.8 Å². The van der Waals surface area contributed by atoms with Crippen LogP contribution in [-0.4, -0.2) is 53.5 Å². The number of hydrazone groups is 1. The van der Waals surface area contributed by atoms with Crippen LogP contribution in [0, 0.1) is 5.92 Å².